The highest BCUT2D eigenvalue weighted by Crippen LogP contribution is 2.32. The number of aliphatic hydroxyl groups is 1. The van der Waals surface area contributed by atoms with E-state index in [1.54, 1.807) is 14.1 Å². The normalized spacial score (nSPS) is 20.2. The van der Waals surface area contributed by atoms with E-state index in [9.17, 15) is 4.79 Å². The number of ether oxygens (including phenoxy) is 2. The number of hydrogen-bond donors (Lipinski definition) is 1. The monoisotopic (exact) mass is 353 g/mol. The van der Waals surface area contributed by atoms with Gasteiger partial charge in [-0.3, -0.25) is 4.79 Å². The summed E-state index contributed by atoms with van der Waals surface area (Å²) in [6.07, 6.45) is 3.44. The van der Waals surface area contributed by atoms with Crippen molar-refractivity contribution in [3.05, 3.63) is 46.7 Å². The highest BCUT2D eigenvalue weighted by molar-refractivity contribution is 6.30. The smallest absolute Gasteiger partial charge is 0.288 e. The minimum absolute atomic E-state index is 0.0257. The molecule has 5 nitrogen and oxygen atoms in total. The number of carbonyl (C=O) groups excluding carboxylic acids is 1. The zero-order valence-corrected chi connectivity index (χ0v) is 14.8. The summed E-state index contributed by atoms with van der Waals surface area (Å²) < 4.78 is 11.5. The van der Waals surface area contributed by atoms with Gasteiger partial charge in [0.25, 0.3) is 5.91 Å². The van der Waals surface area contributed by atoms with E-state index < -0.39 is 6.29 Å². The lowest BCUT2D eigenvalue weighted by Gasteiger charge is -2.30. The van der Waals surface area contributed by atoms with E-state index >= 15 is 0 Å². The van der Waals surface area contributed by atoms with Crippen molar-refractivity contribution in [3.63, 3.8) is 0 Å². The Hall–Kier alpha value is -1.56. The Kier molecular flexibility index (Phi) is 7.09. The van der Waals surface area contributed by atoms with Crippen molar-refractivity contribution in [2.75, 3.05) is 27.3 Å². The highest BCUT2D eigenvalue weighted by Gasteiger charge is 2.29. The van der Waals surface area contributed by atoms with Gasteiger partial charge in [0.05, 0.1) is 6.61 Å². The van der Waals surface area contributed by atoms with Crippen LogP contribution in [0.25, 0.3) is 0 Å². The fraction of sp³-hybridized carbons (Fsp3) is 0.500. The van der Waals surface area contributed by atoms with Gasteiger partial charge in [-0.25, -0.2) is 0 Å². The second-order valence-corrected chi connectivity index (χ2v) is 6.41. The molecule has 0 bridgehead atoms. The first-order valence-corrected chi connectivity index (χ1v) is 8.47. The lowest BCUT2D eigenvalue weighted by Crippen LogP contribution is -2.32. The van der Waals surface area contributed by atoms with Crippen LogP contribution in [0.1, 0.15) is 30.7 Å². The van der Waals surface area contributed by atoms with Crippen LogP contribution >= 0.6 is 11.6 Å². The molecule has 6 heteroatoms. The molecule has 0 saturated heterocycles. The number of carbonyl (C=O) groups is 1. The summed E-state index contributed by atoms with van der Waals surface area (Å²) in [6.45, 7) is 0.633. The van der Waals surface area contributed by atoms with Crippen molar-refractivity contribution in [3.8, 4) is 0 Å². The Bertz CT molecular complexity index is 571. The third-order valence-electron chi connectivity index (χ3n) is 3.83. The Morgan fingerprint density at radius 1 is 1.33 bits per heavy atom. The summed E-state index contributed by atoms with van der Waals surface area (Å²) in [5.41, 5.74) is 1.07. The minimum Gasteiger partial charge on any atom is -0.459 e. The minimum atomic E-state index is -0.478. The van der Waals surface area contributed by atoms with Gasteiger partial charge in [-0.2, -0.15) is 0 Å². The van der Waals surface area contributed by atoms with E-state index in [1.807, 2.05) is 30.3 Å². The Morgan fingerprint density at radius 3 is 2.67 bits per heavy atom. The third kappa shape index (κ3) is 5.23. The standard InChI is InChI=1S/C18H24ClNO4/c1-20(2)18(22)16-11-14(13-5-7-15(19)8-6-13)12-17(24-16)23-10-4-3-9-21/h5-8,11,14,17,21H,3-4,9-10,12H2,1-2H3/t14-,17+/m1/s1. The molecular formula is C18H24ClNO4. The van der Waals surface area contributed by atoms with Crippen molar-refractivity contribution < 1.29 is 19.4 Å². The number of amides is 1. The van der Waals surface area contributed by atoms with Crippen molar-refractivity contribution in [2.45, 2.75) is 31.5 Å². The van der Waals surface area contributed by atoms with Gasteiger partial charge in [0.2, 0.25) is 6.29 Å². The van der Waals surface area contributed by atoms with Crippen molar-refractivity contribution in [1.29, 1.82) is 0 Å². The molecule has 1 aromatic rings. The number of nitrogens with zero attached hydrogens (tertiary/aromatic N) is 1. The Labute approximate surface area is 147 Å². The predicted octanol–water partition coefficient (Wildman–Crippen LogP) is 2.93. The largest absolute Gasteiger partial charge is 0.459 e. The third-order valence-corrected chi connectivity index (χ3v) is 4.08. The average molecular weight is 354 g/mol. The van der Waals surface area contributed by atoms with Gasteiger partial charge in [0.1, 0.15) is 0 Å². The summed E-state index contributed by atoms with van der Waals surface area (Å²) in [7, 11) is 3.38. The molecule has 0 radical (unpaired) electrons. The maximum Gasteiger partial charge on any atom is 0.288 e. The quantitative estimate of drug-likeness (QED) is 0.766. The van der Waals surface area contributed by atoms with Crippen LogP contribution in [-0.2, 0) is 14.3 Å². The first kappa shape index (κ1) is 18.8. The second-order valence-electron chi connectivity index (χ2n) is 5.97. The van der Waals surface area contributed by atoms with E-state index in [0.29, 0.717) is 30.2 Å². The topological polar surface area (TPSA) is 59.0 Å². The molecule has 0 unspecified atom stereocenters. The molecule has 1 heterocycles. The van der Waals surface area contributed by atoms with Crippen LogP contribution in [0.15, 0.2) is 36.1 Å². The van der Waals surface area contributed by atoms with Crippen molar-refractivity contribution in [2.24, 2.45) is 0 Å². The number of unbranched alkanes of at least 4 members (excludes halogenated alkanes) is 1. The number of likely N-dealkylation sites (N-methyl/N-ethyl adjacent to an activating group) is 1. The van der Waals surface area contributed by atoms with E-state index in [1.165, 1.54) is 4.90 Å². The number of allylic oxidation sites excluding steroid dienone is 1. The predicted molar refractivity (Wildman–Crippen MR) is 92.7 cm³/mol. The zero-order chi connectivity index (χ0) is 17.5. The molecule has 1 aromatic carbocycles. The SMILES string of the molecule is CN(C)C(=O)C1=C[C@@H](c2ccc(Cl)cc2)C[C@@H](OCCCCO)O1. The Morgan fingerprint density at radius 2 is 2.04 bits per heavy atom. The lowest BCUT2D eigenvalue weighted by molar-refractivity contribution is -0.151. The molecule has 1 N–H and O–H groups in total. The van der Waals surface area contributed by atoms with E-state index in [4.69, 9.17) is 26.2 Å². The first-order valence-electron chi connectivity index (χ1n) is 8.09. The van der Waals surface area contributed by atoms with Gasteiger partial charge in [0, 0.05) is 38.1 Å². The molecule has 0 aliphatic carbocycles. The molecule has 132 valence electrons. The summed E-state index contributed by atoms with van der Waals surface area (Å²) in [6, 6.07) is 7.58. The molecule has 1 amide bonds. The maximum atomic E-state index is 12.3. The van der Waals surface area contributed by atoms with Gasteiger partial charge in [0.15, 0.2) is 5.76 Å². The second kappa shape index (κ2) is 9.06. The molecule has 1 aliphatic rings. The number of aliphatic hydroxyl groups excluding tert-OH is 1. The summed E-state index contributed by atoms with van der Waals surface area (Å²) in [5, 5.41) is 9.51. The molecule has 2 rings (SSSR count). The van der Waals surface area contributed by atoms with Gasteiger partial charge < -0.3 is 19.5 Å². The molecule has 0 fully saturated rings. The zero-order valence-electron chi connectivity index (χ0n) is 14.1. The van der Waals surface area contributed by atoms with Crippen molar-refractivity contribution in [1.82, 2.24) is 4.90 Å². The van der Waals surface area contributed by atoms with E-state index in [-0.39, 0.29) is 18.4 Å². The summed E-state index contributed by atoms with van der Waals surface area (Å²) in [5.74, 6) is 0.147. The summed E-state index contributed by atoms with van der Waals surface area (Å²) >= 11 is 5.95. The molecule has 0 aromatic heterocycles. The maximum absolute atomic E-state index is 12.3. The fourth-order valence-electron chi connectivity index (χ4n) is 2.50. The summed E-state index contributed by atoms with van der Waals surface area (Å²) in [4.78, 5) is 13.8. The Balaban J connectivity index is 2.13. The van der Waals surface area contributed by atoms with Gasteiger partial charge in [-0.1, -0.05) is 23.7 Å². The fourth-order valence-corrected chi connectivity index (χ4v) is 2.63. The van der Waals surface area contributed by atoms with Gasteiger partial charge in [-0.05, 0) is 36.6 Å². The molecule has 1 aliphatic heterocycles. The van der Waals surface area contributed by atoms with E-state index in [2.05, 4.69) is 0 Å². The van der Waals surface area contributed by atoms with Crippen LogP contribution in [0, 0.1) is 0 Å². The van der Waals surface area contributed by atoms with E-state index in [0.717, 1.165) is 12.0 Å². The van der Waals surface area contributed by atoms with Crippen LogP contribution in [0.2, 0.25) is 5.02 Å². The number of rotatable bonds is 7. The highest BCUT2D eigenvalue weighted by atomic mass is 35.5. The first-order chi connectivity index (χ1) is 11.5. The average Bonchev–Trinajstić information content (AvgIpc) is 2.58. The number of halogens is 1. The van der Waals surface area contributed by atoms with Gasteiger partial charge >= 0.3 is 0 Å². The van der Waals surface area contributed by atoms with Crippen LogP contribution in [0.3, 0.4) is 0 Å². The van der Waals surface area contributed by atoms with Crippen LogP contribution in [0.5, 0.6) is 0 Å². The van der Waals surface area contributed by atoms with Crippen molar-refractivity contribution >= 4 is 17.5 Å². The number of hydrogen-bond acceptors (Lipinski definition) is 4. The lowest BCUT2D eigenvalue weighted by atomic mass is 9.93. The van der Waals surface area contributed by atoms with Crippen LogP contribution in [0.4, 0.5) is 0 Å². The molecule has 24 heavy (non-hydrogen) atoms. The van der Waals surface area contributed by atoms with Gasteiger partial charge in [-0.15, -0.1) is 0 Å². The molecule has 2 atom stereocenters. The van der Waals surface area contributed by atoms with Crippen LogP contribution in [-0.4, -0.2) is 49.5 Å². The molecule has 0 spiro atoms. The molecule has 0 saturated carbocycles. The van der Waals surface area contributed by atoms with Crippen LogP contribution < -0.4 is 0 Å². The number of benzene rings is 1. The molecular weight excluding hydrogens is 330 g/mol.